The fourth-order valence-electron chi connectivity index (χ4n) is 1.04. The van der Waals surface area contributed by atoms with Crippen LogP contribution in [0.25, 0.3) is 0 Å². The van der Waals surface area contributed by atoms with Crippen LogP contribution in [0, 0.1) is 0 Å². The molecule has 0 heterocycles. The summed E-state index contributed by atoms with van der Waals surface area (Å²) in [6.45, 7) is 3.29. The first-order valence-electron chi connectivity index (χ1n) is 4.04. The zero-order valence-electron chi connectivity index (χ0n) is 7.40. The minimum atomic E-state index is -4.09. The summed E-state index contributed by atoms with van der Waals surface area (Å²) in [4.78, 5) is 0. The zero-order valence-corrected chi connectivity index (χ0v) is 8.21. The molecule has 0 rings (SSSR count). The van der Waals surface area contributed by atoms with Crippen LogP contribution in [-0.2, 0) is 10.1 Å². The highest BCUT2D eigenvalue weighted by atomic mass is 32.2. The van der Waals surface area contributed by atoms with Gasteiger partial charge in [0.05, 0.1) is 6.10 Å². The second-order valence-corrected chi connectivity index (χ2v) is 4.57. The van der Waals surface area contributed by atoms with E-state index in [1.54, 1.807) is 0 Å². The van der Waals surface area contributed by atoms with Crippen molar-refractivity contribution in [3.8, 4) is 0 Å². The molecule has 12 heavy (non-hydrogen) atoms. The van der Waals surface area contributed by atoms with Gasteiger partial charge in [-0.3, -0.25) is 4.55 Å². The first-order valence-corrected chi connectivity index (χ1v) is 5.54. The van der Waals surface area contributed by atoms with E-state index in [2.05, 4.69) is 0 Å². The predicted octanol–water partition coefficient (Wildman–Crippen LogP) is 0.814. The average molecular weight is 196 g/mol. The van der Waals surface area contributed by atoms with Crippen molar-refractivity contribution in [1.82, 2.24) is 0 Å². The zero-order chi connectivity index (χ0) is 9.78. The van der Waals surface area contributed by atoms with Crippen molar-refractivity contribution in [3.63, 3.8) is 0 Å². The third-order valence-electron chi connectivity index (χ3n) is 1.76. The molecule has 0 aromatic carbocycles. The molecule has 0 radical (unpaired) electrons. The van der Waals surface area contributed by atoms with Gasteiger partial charge in [0.2, 0.25) is 0 Å². The first-order chi connectivity index (χ1) is 5.39. The molecule has 0 saturated heterocycles. The summed E-state index contributed by atoms with van der Waals surface area (Å²) in [6.07, 6.45) is 0.840. The van der Waals surface area contributed by atoms with E-state index >= 15 is 0 Å². The summed E-state index contributed by atoms with van der Waals surface area (Å²) in [5, 5.41) is 8.01. The van der Waals surface area contributed by atoms with Crippen LogP contribution < -0.4 is 0 Å². The third kappa shape index (κ3) is 4.04. The normalized spacial score (nSPS) is 17.3. The van der Waals surface area contributed by atoms with Crippen LogP contribution in [0.3, 0.4) is 0 Å². The quantitative estimate of drug-likeness (QED) is 0.638. The second kappa shape index (κ2) is 4.79. The Morgan fingerprint density at radius 2 is 1.92 bits per heavy atom. The Balaban J connectivity index is 4.26. The molecule has 0 aliphatic carbocycles. The lowest BCUT2D eigenvalue weighted by Gasteiger charge is -2.15. The van der Waals surface area contributed by atoms with E-state index in [0.717, 1.165) is 6.42 Å². The number of aliphatic hydroxyl groups excluding tert-OH is 1. The van der Waals surface area contributed by atoms with Crippen LogP contribution in [0.1, 0.15) is 33.1 Å². The van der Waals surface area contributed by atoms with Gasteiger partial charge < -0.3 is 5.11 Å². The molecule has 2 N–H and O–H groups in total. The highest BCUT2D eigenvalue weighted by molar-refractivity contribution is 7.86. The molecule has 2 unspecified atom stereocenters. The van der Waals surface area contributed by atoms with Gasteiger partial charge in [-0.15, -0.1) is 0 Å². The van der Waals surface area contributed by atoms with Crippen LogP contribution in [0.15, 0.2) is 0 Å². The van der Waals surface area contributed by atoms with Gasteiger partial charge >= 0.3 is 0 Å². The Bertz CT molecular complexity index is 207. The molecule has 0 aliphatic rings. The maximum Gasteiger partial charge on any atom is 0.270 e. The van der Waals surface area contributed by atoms with E-state index in [9.17, 15) is 8.42 Å². The number of unbranched alkanes of at least 4 members (excludes halogenated alkanes) is 1. The molecule has 0 spiro atoms. The van der Waals surface area contributed by atoms with Gasteiger partial charge in [-0.1, -0.05) is 19.8 Å². The van der Waals surface area contributed by atoms with Gasteiger partial charge in [0.15, 0.2) is 0 Å². The van der Waals surface area contributed by atoms with Crippen molar-refractivity contribution >= 4 is 10.1 Å². The molecular formula is C7H16O4S. The van der Waals surface area contributed by atoms with Crippen LogP contribution in [0.5, 0.6) is 0 Å². The van der Waals surface area contributed by atoms with Gasteiger partial charge in [-0.2, -0.15) is 8.42 Å². The van der Waals surface area contributed by atoms with Crippen LogP contribution in [-0.4, -0.2) is 29.4 Å². The fraction of sp³-hybridized carbons (Fsp3) is 1.00. The Labute approximate surface area is 73.4 Å². The van der Waals surface area contributed by atoms with Crippen molar-refractivity contribution in [2.75, 3.05) is 0 Å². The van der Waals surface area contributed by atoms with Crippen molar-refractivity contribution in [1.29, 1.82) is 0 Å². The van der Waals surface area contributed by atoms with Gasteiger partial charge in [0.1, 0.15) is 5.25 Å². The van der Waals surface area contributed by atoms with E-state index < -0.39 is 21.5 Å². The number of hydrogen-bond donors (Lipinski definition) is 2. The summed E-state index contributed by atoms with van der Waals surface area (Å²) in [5.74, 6) is 0. The SMILES string of the molecule is CCCCC(C(C)O)S(=O)(=O)O. The molecule has 0 aromatic heterocycles. The molecule has 4 nitrogen and oxygen atoms in total. The molecule has 0 aromatic rings. The summed E-state index contributed by atoms with van der Waals surface area (Å²) < 4.78 is 30.0. The standard InChI is InChI=1S/C7H16O4S/c1-3-4-5-7(6(2)8)12(9,10)11/h6-8H,3-5H2,1-2H3,(H,9,10,11). The Morgan fingerprint density at radius 3 is 2.17 bits per heavy atom. The van der Waals surface area contributed by atoms with Crippen LogP contribution in [0.2, 0.25) is 0 Å². The second-order valence-electron chi connectivity index (χ2n) is 2.94. The number of aliphatic hydroxyl groups is 1. The minimum Gasteiger partial charge on any atom is -0.392 e. The largest absolute Gasteiger partial charge is 0.392 e. The molecule has 0 saturated carbocycles. The fourth-order valence-corrected chi connectivity index (χ4v) is 2.01. The third-order valence-corrected chi connectivity index (χ3v) is 3.16. The molecule has 0 bridgehead atoms. The molecule has 0 fully saturated rings. The Kier molecular flexibility index (Phi) is 4.74. The average Bonchev–Trinajstić information content (AvgIpc) is 1.84. The molecular weight excluding hydrogens is 180 g/mol. The lowest BCUT2D eigenvalue weighted by Crippen LogP contribution is -2.31. The van der Waals surface area contributed by atoms with Crippen molar-refractivity contribution in [2.45, 2.75) is 44.5 Å². The van der Waals surface area contributed by atoms with E-state index in [1.807, 2.05) is 6.92 Å². The van der Waals surface area contributed by atoms with E-state index in [0.29, 0.717) is 12.8 Å². The van der Waals surface area contributed by atoms with E-state index in [-0.39, 0.29) is 0 Å². The summed E-state index contributed by atoms with van der Waals surface area (Å²) in [6, 6.07) is 0. The molecule has 0 amide bonds. The molecule has 0 aliphatic heterocycles. The monoisotopic (exact) mass is 196 g/mol. The maximum atomic E-state index is 10.7. The summed E-state index contributed by atoms with van der Waals surface area (Å²) >= 11 is 0. The summed E-state index contributed by atoms with van der Waals surface area (Å²) in [7, 11) is -4.09. The molecule has 2 atom stereocenters. The Hall–Kier alpha value is -0.130. The first kappa shape index (κ1) is 11.9. The van der Waals surface area contributed by atoms with Crippen molar-refractivity contribution in [3.05, 3.63) is 0 Å². The molecule has 74 valence electrons. The van der Waals surface area contributed by atoms with Gasteiger partial charge in [0, 0.05) is 0 Å². The lowest BCUT2D eigenvalue weighted by atomic mass is 10.1. The van der Waals surface area contributed by atoms with Crippen LogP contribution >= 0.6 is 0 Å². The van der Waals surface area contributed by atoms with Gasteiger partial charge in [-0.05, 0) is 13.3 Å². The van der Waals surface area contributed by atoms with Gasteiger partial charge in [-0.25, -0.2) is 0 Å². The lowest BCUT2D eigenvalue weighted by molar-refractivity contribution is 0.179. The molecule has 5 heteroatoms. The van der Waals surface area contributed by atoms with E-state index in [1.165, 1.54) is 6.92 Å². The number of rotatable bonds is 5. The smallest absolute Gasteiger partial charge is 0.270 e. The number of hydrogen-bond acceptors (Lipinski definition) is 3. The van der Waals surface area contributed by atoms with Crippen molar-refractivity contribution < 1.29 is 18.1 Å². The van der Waals surface area contributed by atoms with Crippen molar-refractivity contribution in [2.24, 2.45) is 0 Å². The Morgan fingerprint density at radius 1 is 1.42 bits per heavy atom. The summed E-state index contributed by atoms with van der Waals surface area (Å²) in [5.41, 5.74) is 0. The van der Waals surface area contributed by atoms with Crippen LogP contribution in [0.4, 0.5) is 0 Å². The topological polar surface area (TPSA) is 74.6 Å². The highest BCUT2D eigenvalue weighted by Crippen LogP contribution is 2.12. The minimum absolute atomic E-state index is 0.312. The van der Waals surface area contributed by atoms with E-state index in [4.69, 9.17) is 9.66 Å². The highest BCUT2D eigenvalue weighted by Gasteiger charge is 2.26. The maximum absolute atomic E-state index is 10.7. The predicted molar refractivity (Wildman–Crippen MR) is 46.5 cm³/mol. The van der Waals surface area contributed by atoms with Gasteiger partial charge in [0.25, 0.3) is 10.1 Å².